The highest BCUT2D eigenvalue weighted by atomic mass is 32.1. The summed E-state index contributed by atoms with van der Waals surface area (Å²) in [6.07, 6.45) is 1.70. The normalized spacial score (nSPS) is 12.7. The molecule has 6 heteroatoms. The number of anilines is 1. The van der Waals surface area contributed by atoms with Gasteiger partial charge in [-0.25, -0.2) is 4.98 Å². The molecule has 5 nitrogen and oxygen atoms in total. The number of aryl methyl sites for hydroxylation is 2. The quantitative estimate of drug-likeness (QED) is 0.640. The van der Waals surface area contributed by atoms with Crippen molar-refractivity contribution in [1.82, 2.24) is 4.98 Å². The smallest absolute Gasteiger partial charge is 0.231 e. The van der Waals surface area contributed by atoms with E-state index in [1.807, 2.05) is 29.6 Å². The molecule has 1 aliphatic heterocycles. The molecule has 0 saturated carbocycles. The number of aromatic nitrogens is 1. The van der Waals surface area contributed by atoms with Crippen molar-refractivity contribution in [1.29, 1.82) is 5.26 Å². The van der Waals surface area contributed by atoms with Crippen molar-refractivity contribution in [3.63, 3.8) is 0 Å². The number of ether oxygens (including phenoxy) is 2. The molecule has 1 N–H and O–H groups in total. The van der Waals surface area contributed by atoms with E-state index < -0.39 is 0 Å². The predicted octanol–water partition coefficient (Wildman–Crippen LogP) is 5.13. The summed E-state index contributed by atoms with van der Waals surface area (Å²) in [6, 6.07) is 14.0. The van der Waals surface area contributed by atoms with Gasteiger partial charge < -0.3 is 14.8 Å². The number of rotatable bonds is 4. The Morgan fingerprint density at radius 2 is 2.00 bits per heavy atom. The number of nitrogens with one attached hydrogen (secondary N) is 1. The molecule has 2 aromatic carbocycles. The molecule has 0 radical (unpaired) electrons. The number of nitriles is 1. The van der Waals surface area contributed by atoms with Gasteiger partial charge in [0.1, 0.15) is 16.6 Å². The van der Waals surface area contributed by atoms with Crippen LogP contribution in [-0.2, 0) is 0 Å². The topological polar surface area (TPSA) is 67.2 Å². The van der Waals surface area contributed by atoms with E-state index in [9.17, 15) is 5.26 Å². The fourth-order valence-corrected chi connectivity index (χ4v) is 3.51. The molecular formula is C21H17N3O2S. The third kappa shape index (κ3) is 3.50. The molecule has 1 aromatic heterocycles. The molecule has 27 heavy (non-hydrogen) atoms. The van der Waals surface area contributed by atoms with Gasteiger partial charge in [-0.05, 0) is 55.3 Å². The van der Waals surface area contributed by atoms with Gasteiger partial charge >= 0.3 is 0 Å². The molecule has 0 saturated heterocycles. The Labute approximate surface area is 161 Å². The van der Waals surface area contributed by atoms with Gasteiger partial charge in [0.25, 0.3) is 0 Å². The van der Waals surface area contributed by atoms with E-state index in [0.717, 1.165) is 28.4 Å². The molecule has 0 aliphatic carbocycles. The van der Waals surface area contributed by atoms with Gasteiger partial charge in [-0.3, -0.25) is 0 Å². The highest BCUT2D eigenvalue weighted by molar-refractivity contribution is 7.11. The Bertz CT molecular complexity index is 1080. The fourth-order valence-electron chi connectivity index (χ4n) is 2.71. The lowest BCUT2D eigenvalue weighted by Gasteiger charge is -2.05. The Hall–Kier alpha value is -3.30. The van der Waals surface area contributed by atoms with Crippen LogP contribution in [0.25, 0.3) is 16.8 Å². The molecular weight excluding hydrogens is 358 g/mol. The van der Waals surface area contributed by atoms with Gasteiger partial charge in [0.05, 0.1) is 5.69 Å². The number of benzene rings is 2. The van der Waals surface area contributed by atoms with Gasteiger partial charge in [0, 0.05) is 22.8 Å². The van der Waals surface area contributed by atoms with E-state index >= 15 is 0 Å². The van der Waals surface area contributed by atoms with E-state index in [0.29, 0.717) is 10.6 Å². The van der Waals surface area contributed by atoms with E-state index in [1.165, 1.54) is 22.5 Å². The summed E-state index contributed by atoms with van der Waals surface area (Å²) >= 11 is 1.44. The molecule has 0 atom stereocenters. The first-order chi connectivity index (χ1) is 13.1. The molecule has 0 spiro atoms. The summed E-state index contributed by atoms with van der Waals surface area (Å²) in [5.41, 5.74) is 5.61. The second kappa shape index (κ2) is 7.14. The van der Waals surface area contributed by atoms with Crippen molar-refractivity contribution in [2.24, 2.45) is 0 Å². The number of thiazole rings is 1. The van der Waals surface area contributed by atoms with Crippen LogP contribution in [0.4, 0.5) is 5.69 Å². The van der Waals surface area contributed by atoms with Gasteiger partial charge in [-0.15, -0.1) is 11.3 Å². The van der Waals surface area contributed by atoms with Crippen molar-refractivity contribution < 1.29 is 9.47 Å². The van der Waals surface area contributed by atoms with Gasteiger partial charge in [-0.2, -0.15) is 5.26 Å². The van der Waals surface area contributed by atoms with Crippen LogP contribution in [0.2, 0.25) is 0 Å². The average Bonchev–Trinajstić information content (AvgIpc) is 3.34. The van der Waals surface area contributed by atoms with E-state index in [2.05, 4.69) is 42.4 Å². The van der Waals surface area contributed by atoms with Crippen molar-refractivity contribution >= 4 is 22.6 Å². The van der Waals surface area contributed by atoms with Crippen LogP contribution in [0.5, 0.6) is 11.5 Å². The fraction of sp³-hybridized carbons (Fsp3) is 0.143. The maximum atomic E-state index is 9.53. The Balaban J connectivity index is 1.57. The highest BCUT2D eigenvalue weighted by Gasteiger charge is 2.15. The molecule has 0 unspecified atom stereocenters. The van der Waals surface area contributed by atoms with E-state index in [-0.39, 0.29) is 6.79 Å². The van der Waals surface area contributed by atoms with Gasteiger partial charge in [-0.1, -0.05) is 6.07 Å². The lowest BCUT2D eigenvalue weighted by Crippen LogP contribution is -1.93. The third-order valence-electron chi connectivity index (χ3n) is 4.41. The first-order valence-electron chi connectivity index (χ1n) is 8.44. The Kier molecular flexibility index (Phi) is 4.53. The van der Waals surface area contributed by atoms with Gasteiger partial charge in [0.15, 0.2) is 11.5 Å². The molecule has 0 fully saturated rings. The van der Waals surface area contributed by atoms with Gasteiger partial charge in [0.2, 0.25) is 6.79 Å². The largest absolute Gasteiger partial charge is 0.454 e. The summed E-state index contributed by atoms with van der Waals surface area (Å²) < 4.78 is 10.8. The SMILES string of the molecule is Cc1ccc(N/C=C(/C#N)c2nc(-c3ccc4c(c3)OCO4)cs2)cc1C. The maximum Gasteiger partial charge on any atom is 0.231 e. The molecule has 0 amide bonds. The van der Waals surface area contributed by atoms with Crippen molar-refractivity contribution in [2.45, 2.75) is 13.8 Å². The zero-order valence-electron chi connectivity index (χ0n) is 14.9. The van der Waals surface area contributed by atoms with Crippen molar-refractivity contribution in [2.75, 3.05) is 12.1 Å². The third-order valence-corrected chi connectivity index (χ3v) is 5.29. The minimum atomic E-state index is 0.243. The molecule has 1 aliphatic rings. The van der Waals surface area contributed by atoms with Crippen LogP contribution in [0.15, 0.2) is 48.0 Å². The van der Waals surface area contributed by atoms with Crippen LogP contribution in [0.3, 0.4) is 0 Å². The number of hydrogen-bond acceptors (Lipinski definition) is 6. The maximum absolute atomic E-state index is 9.53. The lowest BCUT2D eigenvalue weighted by atomic mass is 10.1. The monoisotopic (exact) mass is 375 g/mol. The van der Waals surface area contributed by atoms with Crippen LogP contribution in [0, 0.1) is 25.2 Å². The van der Waals surface area contributed by atoms with E-state index in [4.69, 9.17) is 9.47 Å². The lowest BCUT2D eigenvalue weighted by molar-refractivity contribution is 0.174. The van der Waals surface area contributed by atoms with Crippen LogP contribution < -0.4 is 14.8 Å². The van der Waals surface area contributed by atoms with Crippen LogP contribution >= 0.6 is 11.3 Å². The van der Waals surface area contributed by atoms with E-state index in [1.54, 1.807) is 6.20 Å². The minimum Gasteiger partial charge on any atom is -0.454 e. The minimum absolute atomic E-state index is 0.243. The number of fused-ring (bicyclic) bond motifs is 1. The zero-order valence-corrected chi connectivity index (χ0v) is 15.8. The summed E-state index contributed by atoms with van der Waals surface area (Å²) in [5, 5.41) is 15.3. The van der Waals surface area contributed by atoms with Crippen molar-refractivity contribution in [3.8, 4) is 28.8 Å². The molecule has 0 bridgehead atoms. The molecule has 134 valence electrons. The molecule has 3 aromatic rings. The summed E-state index contributed by atoms with van der Waals surface area (Å²) in [6.45, 7) is 4.38. The standard InChI is InChI=1S/C21H17N3O2S/c1-13-3-5-17(7-14(13)2)23-10-16(9-22)21-24-18(11-27-21)15-4-6-19-20(8-15)26-12-25-19/h3-8,10-11,23H,12H2,1-2H3/b16-10-. The first-order valence-corrected chi connectivity index (χ1v) is 9.32. The first kappa shape index (κ1) is 17.1. The second-order valence-corrected chi connectivity index (χ2v) is 7.08. The van der Waals surface area contributed by atoms with Crippen LogP contribution in [0.1, 0.15) is 16.1 Å². The number of allylic oxidation sites excluding steroid dienone is 1. The highest BCUT2D eigenvalue weighted by Crippen LogP contribution is 2.36. The number of nitrogens with zero attached hydrogens (tertiary/aromatic N) is 2. The Morgan fingerprint density at radius 1 is 1.15 bits per heavy atom. The predicted molar refractivity (Wildman–Crippen MR) is 107 cm³/mol. The Morgan fingerprint density at radius 3 is 2.81 bits per heavy atom. The second-order valence-electron chi connectivity index (χ2n) is 6.22. The number of hydrogen-bond donors (Lipinski definition) is 1. The summed E-state index contributed by atoms with van der Waals surface area (Å²) in [4.78, 5) is 4.61. The van der Waals surface area contributed by atoms with Crippen LogP contribution in [-0.4, -0.2) is 11.8 Å². The molecule has 2 heterocycles. The summed E-state index contributed by atoms with van der Waals surface area (Å²) in [7, 11) is 0. The van der Waals surface area contributed by atoms with Crippen molar-refractivity contribution in [3.05, 3.63) is 64.1 Å². The molecule has 4 rings (SSSR count). The summed E-state index contributed by atoms with van der Waals surface area (Å²) in [5.74, 6) is 1.46. The zero-order chi connectivity index (χ0) is 18.8. The average molecular weight is 375 g/mol.